The lowest BCUT2D eigenvalue weighted by Crippen LogP contribution is -2.48. The normalized spacial score (nSPS) is 14.1. The monoisotopic (exact) mass is 382 g/mol. The van der Waals surface area contributed by atoms with E-state index < -0.39 is 0 Å². The lowest BCUT2D eigenvalue weighted by Gasteiger charge is -2.36. The van der Waals surface area contributed by atoms with E-state index in [-0.39, 0.29) is 36.1 Å². The molecule has 2 aromatic rings. The molecule has 1 amide bonds. The molecule has 146 valence electrons. The molecule has 1 aliphatic heterocycles. The van der Waals surface area contributed by atoms with Gasteiger partial charge >= 0.3 is 0 Å². The summed E-state index contributed by atoms with van der Waals surface area (Å²) in [6.07, 6.45) is 0.278. The first-order valence-electron chi connectivity index (χ1n) is 9.36. The molecule has 0 aromatic heterocycles. The van der Waals surface area contributed by atoms with Gasteiger partial charge in [-0.25, -0.2) is 4.39 Å². The molecular formula is C22H23FN2O3. The number of amides is 1. The topological polar surface area (TPSA) is 57.7 Å². The van der Waals surface area contributed by atoms with Crippen LogP contribution in [0.15, 0.2) is 48.5 Å². The first-order valence-corrected chi connectivity index (χ1v) is 9.36. The van der Waals surface area contributed by atoms with Crippen molar-refractivity contribution >= 4 is 23.2 Å². The molecule has 3 rings (SSSR count). The molecule has 0 N–H and O–H groups in total. The third kappa shape index (κ3) is 4.82. The van der Waals surface area contributed by atoms with Gasteiger partial charge in [0, 0.05) is 55.8 Å². The highest BCUT2D eigenvalue weighted by Gasteiger charge is 2.22. The maximum Gasteiger partial charge on any atom is 0.223 e. The van der Waals surface area contributed by atoms with Crippen molar-refractivity contribution < 1.29 is 18.8 Å². The van der Waals surface area contributed by atoms with E-state index in [4.69, 9.17) is 0 Å². The van der Waals surface area contributed by atoms with Crippen LogP contribution >= 0.6 is 0 Å². The number of benzene rings is 2. The summed E-state index contributed by atoms with van der Waals surface area (Å²) in [5, 5.41) is 0. The first-order chi connectivity index (χ1) is 13.4. The van der Waals surface area contributed by atoms with Crippen LogP contribution in [0.3, 0.4) is 0 Å². The molecule has 5 nitrogen and oxygen atoms in total. The molecule has 0 radical (unpaired) electrons. The van der Waals surface area contributed by atoms with Crippen LogP contribution in [-0.4, -0.2) is 48.6 Å². The number of halogens is 1. The van der Waals surface area contributed by atoms with Crippen molar-refractivity contribution in [2.75, 3.05) is 31.1 Å². The van der Waals surface area contributed by atoms with E-state index in [1.54, 1.807) is 11.8 Å². The number of carbonyl (C=O) groups is 3. The summed E-state index contributed by atoms with van der Waals surface area (Å²) in [6, 6.07) is 12.9. The summed E-state index contributed by atoms with van der Waals surface area (Å²) in [5.41, 5.74) is 2.14. The van der Waals surface area contributed by atoms with Gasteiger partial charge in [0.05, 0.1) is 0 Å². The van der Waals surface area contributed by atoms with Gasteiger partial charge in [-0.3, -0.25) is 14.4 Å². The van der Waals surface area contributed by atoms with Crippen molar-refractivity contribution in [3.05, 3.63) is 65.5 Å². The number of ketones is 2. The number of piperazine rings is 1. The predicted molar refractivity (Wildman–Crippen MR) is 105 cm³/mol. The summed E-state index contributed by atoms with van der Waals surface area (Å²) < 4.78 is 12.9. The minimum atomic E-state index is -0.388. The molecule has 1 aliphatic rings. The van der Waals surface area contributed by atoms with Crippen LogP contribution in [0.5, 0.6) is 0 Å². The van der Waals surface area contributed by atoms with E-state index in [1.807, 2.05) is 24.3 Å². The van der Waals surface area contributed by atoms with Crippen molar-refractivity contribution in [3.8, 4) is 0 Å². The molecule has 1 saturated heterocycles. The molecular weight excluding hydrogens is 359 g/mol. The van der Waals surface area contributed by atoms with Crippen LogP contribution in [0.1, 0.15) is 40.5 Å². The Kier molecular flexibility index (Phi) is 6.19. The van der Waals surface area contributed by atoms with Crippen LogP contribution in [-0.2, 0) is 4.79 Å². The maximum absolute atomic E-state index is 12.9. The van der Waals surface area contributed by atoms with E-state index in [1.165, 1.54) is 24.3 Å². The van der Waals surface area contributed by atoms with E-state index in [0.717, 1.165) is 5.69 Å². The average Bonchev–Trinajstić information content (AvgIpc) is 2.72. The summed E-state index contributed by atoms with van der Waals surface area (Å²) in [6.45, 7) is 4.14. The highest BCUT2D eigenvalue weighted by molar-refractivity contribution is 5.98. The van der Waals surface area contributed by atoms with Crippen molar-refractivity contribution in [2.45, 2.75) is 19.8 Å². The van der Waals surface area contributed by atoms with Crippen molar-refractivity contribution in [3.63, 3.8) is 0 Å². The number of hydrogen-bond donors (Lipinski definition) is 0. The Morgan fingerprint density at radius 1 is 0.821 bits per heavy atom. The molecule has 0 aliphatic carbocycles. The number of anilines is 1. The van der Waals surface area contributed by atoms with Crippen LogP contribution < -0.4 is 4.90 Å². The molecule has 2 aromatic carbocycles. The van der Waals surface area contributed by atoms with Gasteiger partial charge in [0.2, 0.25) is 5.91 Å². The number of Topliss-reactive ketones (excluding diaryl/α,β-unsaturated/α-hetero) is 2. The number of carbonyl (C=O) groups excluding carboxylic acids is 3. The van der Waals surface area contributed by atoms with Crippen molar-refractivity contribution in [1.29, 1.82) is 0 Å². The molecule has 0 unspecified atom stereocenters. The van der Waals surface area contributed by atoms with Crippen LogP contribution in [0.2, 0.25) is 0 Å². The number of hydrogen-bond acceptors (Lipinski definition) is 4. The first kappa shape index (κ1) is 19.7. The van der Waals surface area contributed by atoms with Gasteiger partial charge in [-0.2, -0.15) is 0 Å². The molecule has 0 saturated carbocycles. The van der Waals surface area contributed by atoms with Gasteiger partial charge in [0.1, 0.15) is 5.82 Å². The van der Waals surface area contributed by atoms with Crippen LogP contribution in [0, 0.1) is 5.82 Å². The zero-order valence-corrected chi connectivity index (χ0v) is 15.9. The molecule has 0 spiro atoms. The van der Waals surface area contributed by atoms with Gasteiger partial charge in [-0.05, 0) is 55.5 Å². The van der Waals surface area contributed by atoms with Gasteiger partial charge < -0.3 is 9.80 Å². The minimum absolute atomic E-state index is 0.0390. The summed E-state index contributed by atoms with van der Waals surface area (Å²) in [5.74, 6) is -0.543. The van der Waals surface area contributed by atoms with E-state index in [2.05, 4.69) is 4.90 Å². The lowest BCUT2D eigenvalue weighted by molar-refractivity contribution is -0.131. The summed E-state index contributed by atoms with van der Waals surface area (Å²) in [7, 11) is 0. The van der Waals surface area contributed by atoms with Gasteiger partial charge in [-0.1, -0.05) is 0 Å². The second-order valence-electron chi connectivity index (χ2n) is 6.90. The quantitative estimate of drug-likeness (QED) is 0.719. The lowest BCUT2D eigenvalue weighted by atomic mass is 10.1. The van der Waals surface area contributed by atoms with Crippen LogP contribution in [0.25, 0.3) is 0 Å². The molecule has 0 atom stereocenters. The SMILES string of the molecule is CC(=O)c1ccc(N2CCN(C(=O)CCC(=O)c3ccc(F)cc3)CC2)cc1. The fraction of sp³-hybridized carbons (Fsp3) is 0.318. The van der Waals surface area contributed by atoms with E-state index in [9.17, 15) is 18.8 Å². The van der Waals surface area contributed by atoms with E-state index >= 15 is 0 Å². The Morgan fingerprint density at radius 3 is 1.96 bits per heavy atom. The maximum atomic E-state index is 12.9. The Bertz CT molecular complexity index is 854. The zero-order chi connectivity index (χ0) is 20.1. The summed E-state index contributed by atoms with van der Waals surface area (Å²) in [4.78, 5) is 39.9. The van der Waals surface area contributed by atoms with Crippen LogP contribution in [0.4, 0.5) is 10.1 Å². The Hall–Kier alpha value is -3.02. The second kappa shape index (κ2) is 8.78. The zero-order valence-electron chi connectivity index (χ0n) is 15.9. The van der Waals surface area contributed by atoms with Crippen molar-refractivity contribution in [2.24, 2.45) is 0 Å². The number of rotatable bonds is 6. The fourth-order valence-corrected chi connectivity index (χ4v) is 3.28. The molecule has 6 heteroatoms. The van der Waals surface area contributed by atoms with Crippen molar-refractivity contribution in [1.82, 2.24) is 4.90 Å². The largest absolute Gasteiger partial charge is 0.368 e. The summed E-state index contributed by atoms with van der Waals surface area (Å²) >= 11 is 0. The predicted octanol–water partition coefficient (Wildman–Crippen LogP) is 3.34. The van der Waals surface area contributed by atoms with E-state index in [0.29, 0.717) is 37.3 Å². The standard InChI is InChI=1S/C22H23FN2O3/c1-16(26)17-4-8-20(9-5-17)24-12-14-25(15-13-24)22(28)11-10-21(27)18-2-6-19(23)7-3-18/h2-9H,10-15H2,1H3. The van der Waals surface area contributed by atoms with Gasteiger partial charge in [-0.15, -0.1) is 0 Å². The highest BCUT2D eigenvalue weighted by atomic mass is 19.1. The molecule has 1 fully saturated rings. The Balaban J connectivity index is 1.47. The Morgan fingerprint density at radius 2 is 1.39 bits per heavy atom. The molecule has 1 heterocycles. The molecule has 28 heavy (non-hydrogen) atoms. The second-order valence-corrected chi connectivity index (χ2v) is 6.90. The third-order valence-corrected chi connectivity index (χ3v) is 5.00. The van der Waals surface area contributed by atoms with Gasteiger partial charge in [0.15, 0.2) is 11.6 Å². The highest BCUT2D eigenvalue weighted by Crippen LogP contribution is 2.18. The fourth-order valence-electron chi connectivity index (χ4n) is 3.28. The Labute approximate surface area is 163 Å². The number of nitrogens with zero attached hydrogens (tertiary/aromatic N) is 2. The van der Waals surface area contributed by atoms with Gasteiger partial charge in [0.25, 0.3) is 0 Å². The minimum Gasteiger partial charge on any atom is -0.368 e. The smallest absolute Gasteiger partial charge is 0.223 e. The molecule has 0 bridgehead atoms. The average molecular weight is 382 g/mol. The third-order valence-electron chi connectivity index (χ3n) is 5.00.